The Morgan fingerprint density at radius 1 is 0.297 bits per heavy atom. The third-order valence-electron chi connectivity index (χ3n) is 13.2. The molecule has 0 aliphatic carbocycles. The number of rotatable bonds is 4. The van der Waals surface area contributed by atoms with Crippen LogP contribution in [0.1, 0.15) is 0 Å². The maximum atomic E-state index is 6.64. The van der Waals surface area contributed by atoms with Gasteiger partial charge in [0.25, 0.3) is 0 Å². The van der Waals surface area contributed by atoms with Crippen molar-refractivity contribution >= 4 is 97.6 Å². The molecule has 3 aromatic heterocycles. The summed E-state index contributed by atoms with van der Waals surface area (Å²) in [5.74, 6) is 1.75. The van der Waals surface area contributed by atoms with Crippen LogP contribution in [0.15, 0.2) is 211 Å². The number of nitrogens with zero attached hydrogens (tertiary/aromatic N) is 4. The third kappa shape index (κ3) is 5.28. The first-order valence-corrected chi connectivity index (χ1v) is 21.7. The molecule has 0 saturated carbocycles. The van der Waals surface area contributed by atoms with Gasteiger partial charge >= 0.3 is 0 Å². The van der Waals surface area contributed by atoms with E-state index in [4.69, 9.17) is 19.4 Å². The van der Waals surface area contributed by atoms with Crippen LogP contribution in [0.3, 0.4) is 0 Å². The van der Waals surface area contributed by atoms with Crippen molar-refractivity contribution in [3.63, 3.8) is 0 Å². The maximum absolute atomic E-state index is 6.64. The van der Waals surface area contributed by atoms with Gasteiger partial charge in [-0.3, -0.25) is 0 Å². The van der Waals surface area contributed by atoms with Gasteiger partial charge in [-0.2, -0.15) is 0 Å². The highest BCUT2D eigenvalue weighted by Crippen LogP contribution is 2.42. The molecule has 0 aliphatic rings. The number of fused-ring (bicyclic) bond motifs is 13. The quantitative estimate of drug-likeness (QED) is 0.166. The van der Waals surface area contributed by atoms with Crippen LogP contribution in [0, 0.1) is 0 Å². The van der Waals surface area contributed by atoms with Crippen LogP contribution in [-0.2, 0) is 0 Å². The fourth-order valence-electron chi connectivity index (χ4n) is 10.1. The molecule has 0 N–H and O–H groups in total. The molecule has 14 rings (SSSR count). The van der Waals surface area contributed by atoms with Gasteiger partial charge in [0.2, 0.25) is 0 Å². The molecule has 0 saturated heterocycles. The summed E-state index contributed by atoms with van der Waals surface area (Å²) in [7, 11) is 0. The Morgan fingerprint density at radius 2 is 0.812 bits per heavy atom. The van der Waals surface area contributed by atoms with Gasteiger partial charge in [-0.25, -0.2) is 15.0 Å². The van der Waals surface area contributed by atoms with E-state index in [0.29, 0.717) is 17.5 Å². The van der Waals surface area contributed by atoms with Gasteiger partial charge in [-0.05, 0) is 102 Å². The molecule has 0 fully saturated rings. The van der Waals surface area contributed by atoms with Gasteiger partial charge in [0.15, 0.2) is 17.5 Å². The second-order valence-corrected chi connectivity index (χ2v) is 16.8. The smallest absolute Gasteiger partial charge is 0.166 e. The Hall–Kier alpha value is -8.67. The second kappa shape index (κ2) is 13.4. The minimum atomic E-state index is 0.557. The van der Waals surface area contributed by atoms with Crippen molar-refractivity contribution in [1.29, 1.82) is 0 Å². The monoisotopic (exact) mass is 814 g/mol. The summed E-state index contributed by atoms with van der Waals surface area (Å²) in [5, 5.41) is 16.3. The number of para-hydroxylation sites is 2. The minimum Gasteiger partial charge on any atom is -0.456 e. The van der Waals surface area contributed by atoms with Gasteiger partial charge < -0.3 is 8.98 Å². The van der Waals surface area contributed by atoms with E-state index in [1.54, 1.807) is 0 Å². The fraction of sp³-hybridized carbons (Fsp3) is 0. The zero-order valence-corrected chi connectivity index (χ0v) is 34.3. The SMILES string of the molecule is c1ccc2cc3c(cc2c1)c1ccccc1n3-c1cc2c(cc1-c1nc(-c3ccc4c(ccc5ccccc54)c3)nc(-c3ccc4c(ccc5ccccc54)c3)n1)oc1ccccc12. The number of hydrogen-bond donors (Lipinski definition) is 0. The highest BCUT2D eigenvalue weighted by Gasteiger charge is 2.23. The van der Waals surface area contributed by atoms with Crippen molar-refractivity contribution in [2.45, 2.75) is 0 Å². The summed E-state index contributed by atoms with van der Waals surface area (Å²) < 4.78 is 9.02. The van der Waals surface area contributed by atoms with E-state index in [-0.39, 0.29) is 0 Å². The summed E-state index contributed by atoms with van der Waals surface area (Å²) in [5.41, 5.74) is 7.42. The fourth-order valence-corrected chi connectivity index (χ4v) is 10.1. The molecule has 0 aliphatic heterocycles. The largest absolute Gasteiger partial charge is 0.456 e. The molecular weight excluding hydrogens is 781 g/mol. The standard InChI is InChI=1S/C59H34N4O/c1-2-14-38-32-53-49(31-37(38)13-1)47-17-7-9-19-52(47)63(53)54-33-50-48-18-8-10-20-55(48)64-56(50)34-51(54)59-61-57(41-25-27-45-39(29-41)23-21-35-11-3-5-15-43(35)45)60-58(62-59)42-26-28-46-40(30-42)24-22-36-12-4-6-16-44(36)46/h1-34H. The van der Waals surface area contributed by atoms with E-state index in [1.807, 2.05) is 12.1 Å². The number of furan rings is 1. The number of hydrogen-bond acceptors (Lipinski definition) is 4. The predicted octanol–water partition coefficient (Wildman–Crippen LogP) is 15.6. The van der Waals surface area contributed by atoms with Crippen LogP contribution in [0.25, 0.3) is 137 Å². The molecule has 11 aromatic carbocycles. The molecule has 0 unspecified atom stereocenters. The highest BCUT2D eigenvalue weighted by molar-refractivity contribution is 6.15. The Kier molecular flexibility index (Phi) is 7.33. The van der Waals surface area contributed by atoms with E-state index in [2.05, 4.69) is 199 Å². The summed E-state index contributed by atoms with van der Waals surface area (Å²) in [6.07, 6.45) is 0. The van der Waals surface area contributed by atoms with E-state index in [1.165, 1.54) is 53.9 Å². The first-order chi connectivity index (χ1) is 31.7. The maximum Gasteiger partial charge on any atom is 0.166 e. The van der Waals surface area contributed by atoms with Gasteiger partial charge in [-0.1, -0.05) is 158 Å². The first kappa shape index (κ1) is 35.0. The van der Waals surface area contributed by atoms with Crippen LogP contribution in [0.5, 0.6) is 0 Å². The van der Waals surface area contributed by atoms with Gasteiger partial charge in [0, 0.05) is 38.2 Å². The van der Waals surface area contributed by atoms with Crippen molar-refractivity contribution < 1.29 is 4.42 Å². The molecule has 14 aromatic rings. The zero-order chi connectivity index (χ0) is 41.9. The van der Waals surface area contributed by atoms with Crippen molar-refractivity contribution in [2.75, 3.05) is 0 Å². The van der Waals surface area contributed by atoms with E-state index < -0.39 is 0 Å². The average Bonchev–Trinajstić information content (AvgIpc) is 3.89. The molecule has 3 heterocycles. The van der Waals surface area contributed by atoms with Crippen molar-refractivity contribution in [3.8, 4) is 39.9 Å². The zero-order valence-electron chi connectivity index (χ0n) is 34.3. The van der Waals surface area contributed by atoms with Crippen LogP contribution in [-0.4, -0.2) is 19.5 Å². The lowest BCUT2D eigenvalue weighted by Crippen LogP contribution is -2.04. The topological polar surface area (TPSA) is 56.7 Å². The molecule has 0 atom stereocenters. The number of aromatic nitrogens is 4. The molecule has 0 amide bonds. The van der Waals surface area contributed by atoms with Gasteiger partial charge in [0.05, 0.1) is 16.7 Å². The Balaban J connectivity index is 1.07. The van der Waals surface area contributed by atoms with Crippen LogP contribution >= 0.6 is 0 Å². The Morgan fingerprint density at radius 3 is 1.48 bits per heavy atom. The lowest BCUT2D eigenvalue weighted by atomic mass is 9.99. The molecule has 5 nitrogen and oxygen atoms in total. The Labute approximate surface area is 366 Å². The summed E-state index contributed by atoms with van der Waals surface area (Å²) in [6.45, 7) is 0. The molecule has 0 spiro atoms. The van der Waals surface area contributed by atoms with Gasteiger partial charge in [0.1, 0.15) is 11.2 Å². The van der Waals surface area contributed by atoms with E-state index >= 15 is 0 Å². The summed E-state index contributed by atoms with van der Waals surface area (Å²) in [6, 6.07) is 73.5. The number of benzene rings is 11. The summed E-state index contributed by atoms with van der Waals surface area (Å²) in [4.78, 5) is 16.2. The molecule has 5 heteroatoms. The molecule has 296 valence electrons. The lowest BCUT2D eigenvalue weighted by molar-refractivity contribution is 0.669. The van der Waals surface area contributed by atoms with Crippen LogP contribution in [0.2, 0.25) is 0 Å². The van der Waals surface area contributed by atoms with Crippen molar-refractivity contribution in [2.24, 2.45) is 0 Å². The first-order valence-electron chi connectivity index (χ1n) is 21.7. The highest BCUT2D eigenvalue weighted by atomic mass is 16.3. The van der Waals surface area contributed by atoms with Crippen LogP contribution < -0.4 is 0 Å². The minimum absolute atomic E-state index is 0.557. The van der Waals surface area contributed by atoms with Gasteiger partial charge in [-0.15, -0.1) is 0 Å². The molecular formula is C59H34N4O. The molecule has 64 heavy (non-hydrogen) atoms. The Bertz CT molecular complexity index is 4140. The normalized spacial score (nSPS) is 12.1. The van der Waals surface area contributed by atoms with Crippen molar-refractivity contribution in [3.05, 3.63) is 206 Å². The average molecular weight is 815 g/mol. The lowest BCUT2D eigenvalue weighted by Gasteiger charge is -2.16. The van der Waals surface area contributed by atoms with Crippen LogP contribution in [0.4, 0.5) is 0 Å². The second-order valence-electron chi connectivity index (χ2n) is 16.8. The third-order valence-corrected chi connectivity index (χ3v) is 13.2. The van der Waals surface area contributed by atoms with E-state index in [9.17, 15) is 0 Å². The predicted molar refractivity (Wildman–Crippen MR) is 265 cm³/mol. The van der Waals surface area contributed by atoms with E-state index in [0.717, 1.165) is 66.1 Å². The summed E-state index contributed by atoms with van der Waals surface area (Å²) >= 11 is 0. The van der Waals surface area contributed by atoms with Crippen molar-refractivity contribution in [1.82, 2.24) is 19.5 Å². The molecule has 0 radical (unpaired) electrons. The molecule has 0 bridgehead atoms.